The molecule has 0 aliphatic heterocycles. The van der Waals surface area contributed by atoms with Gasteiger partial charge in [-0.2, -0.15) is 0 Å². The Morgan fingerprint density at radius 2 is 1.17 bits per heavy atom. The number of benzene rings is 6. The fourth-order valence-corrected chi connectivity index (χ4v) is 7.00. The molecular weight excluding hydrogens is 571 g/mol. The second-order valence-corrected chi connectivity index (χ2v) is 12.1. The lowest BCUT2D eigenvalue weighted by Gasteiger charge is -2.13. The third-order valence-electron chi connectivity index (χ3n) is 9.32. The SMILES string of the molecule is C1=Cc2c(c3ccccc3n2-c2ccc(-c3ccc(-c4cc(-c5cccc6ccccc56)nc(-c5ccccc5)n4)cc3)cc2)CC1. The number of hydrogen-bond acceptors (Lipinski definition) is 2. The molecule has 47 heavy (non-hydrogen) atoms. The van der Waals surface area contributed by atoms with Gasteiger partial charge in [0.25, 0.3) is 0 Å². The van der Waals surface area contributed by atoms with Crippen LogP contribution >= 0.6 is 0 Å². The summed E-state index contributed by atoms with van der Waals surface area (Å²) in [4.78, 5) is 10.1. The summed E-state index contributed by atoms with van der Waals surface area (Å²) in [5.41, 5.74) is 12.5. The molecule has 0 amide bonds. The molecule has 0 fully saturated rings. The summed E-state index contributed by atoms with van der Waals surface area (Å²) in [6.07, 6.45) is 6.77. The highest BCUT2D eigenvalue weighted by Crippen LogP contribution is 2.35. The standard InChI is InChI=1S/C44H31N3/c1-2-12-34(13-3-1)44-45-40(29-41(46-44)37-18-10-14-32-11-4-5-15-36(32)37)33-23-21-30(22-24-33)31-25-27-35(28-26-31)47-42-19-8-6-16-38(42)39-17-7-9-20-43(39)47/h1-6,8-16,18-29H,7,17H2. The molecule has 0 unspecified atom stereocenters. The van der Waals surface area contributed by atoms with E-state index in [1.807, 2.05) is 18.2 Å². The first-order valence-corrected chi connectivity index (χ1v) is 16.2. The molecule has 0 saturated heterocycles. The van der Waals surface area contributed by atoms with E-state index in [1.165, 1.54) is 49.7 Å². The molecule has 3 heteroatoms. The van der Waals surface area contributed by atoms with E-state index in [0.717, 1.165) is 46.7 Å². The smallest absolute Gasteiger partial charge is 0.160 e. The largest absolute Gasteiger partial charge is 0.310 e. The van der Waals surface area contributed by atoms with Crippen LogP contribution in [0.1, 0.15) is 17.7 Å². The number of fused-ring (bicyclic) bond motifs is 4. The lowest BCUT2D eigenvalue weighted by molar-refractivity contribution is 0.967. The molecule has 0 spiro atoms. The van der Waals surface area contributed by atoms with Gasteiger partial charge in [0.2, 0.25) is 0 Å². The Kier molecular flexibility index (Phi) is 6.60. The summed E-state index contributed by atoms with van der Waals surface area (Å²) in [6, 6.07) is 53.7. The van der Waals surface area contributed by atoms with Crippen LogP contribution < -0.4 is 0 Å². The lowest BCUT2D eigenvalue weighted by atomic mass is 9.99. The van der Waals surface area contributed by atoms with Gasteiger partial charge in [-0.15, -0.1) is 0 Å². The van der Waals surface area contributed by atoms with Gasteiger partial charge >= 0.3 is 0 Å². The van der Waals surface area contributed by atoms with Crippen molar-refractivity contribution >= 4 is 27.8 Å². The Labute approximate surface area is 274 Å². The van der Waals surface area contributed by atoms with Crippen molar-refractivity contribution in [3.63, 3.8) is 0 Å². The molecule has 2 heterocycles. The Morgan fingerprint density at radius 1 is 0.511 bits per heavy atom. The second-order valence-electron chi connectivity index (χ2n) is 12.1. The highest BCUT2D eigenvalue weighted by Gasteiger charge is 2.18. The van der Waals surface area contributed by atoms with Crippen LogP contribution in [0.15, 0.2) is 158 Å². The zero-order valence-corrected chi connectivity index (χ0v) is 25.8. The summed E-state index contributed by atoms with van der Waals surface area (Å²) in [7, 11) is 0. The maximum atomic E-state index is 5.07. The van der Waals surface area contributed by atoms with Gasteiger partial charge in [0.05, 0.1) is 16.9 Å². The van der Waals surface area contributed by atoms with Crippen molar-refractivity contribution in [1.82, 2.24) is 14.5 Å². The monoisotopic (exact) mass is 601 g/mol. The van der Waals surface area contributed by atoms with E-state index >= 15 is 0 Å². The molecule has 0 radical (unpaired) electrons. The van der Waals surface area contributed by atoms with Crippen LogP contribution in [0, 0.1) is 0 Å². The van der Waals surface area contributed by atoms with E-state index in [0.29, 0.717) is 0 Å². The molecule has 0 atom stereocenters. The number of para-hydroxylation sites is 1. The average molecular weight is 602 g/mol. The average Bonchev–Trinajstić information content (AvgIpc) is 3.49. The first-order chi connectivity index (χ1) is 23.3. The maximum absolute atomic E-state index is 5.07. The third kappa shape index (κ3) is 4.84. The van der Waals surface area contributed by atoms with Crippen molar-refractivity contribution in [2.24, 2.45) is 0 Å². The highest BCUT2D eigenvalue weighted by atomic mass is 15.0. The quantitative estimate of drug-likeness (QED) is 0.196. The zero-order chi connectivity index (χ0) is 31.2. The van der Waals surface area contributed by atoms with Crippen LogP contribution in [-0.4, -0.2) is 14.5 Å². The van der Waals surface area contributed by atoms with Gasteiger partial charge < -0.3 is 4.57 Å². The summed E-state index contributed by atoms with van der Waals surface area (Å²) in [6.45, 7) is 0. The Morgan fingerprint density at radius 3 is 2.00 bits per heavy atom. The number of aryl methyl sites for hydroxylation is 1. The van der Waals surface area contributed by atoms with Crippen molar-refractivity contribution in [1.29, 1.82) is 0 Å². The summed E-state index contributed by atoms with van der Waals surface area (Å²) in [5.74, 6) is 0.722. The van der Waals surface area contributed by atoms with Crippen LogP contribution in [0.25, 0.3) is 78.5 Å². The minimum atomic E-state index is 0.722. The van der Waals surface area contributed by atoms with Gasteiger partial charge in [-0.25, -0.2) is 9.97 Å². The van der Waals surface area contributed by atoms with Gasteiger partial charge in [-0.1, -0.05) is 133 Å². The fraction of sp³-hybridized carbons (Fsp3) is 0.0455. The Hall–Kier alpha value is -6.06. The topological polar surface area (TPSA) is 30.7 Å². The molecule has 222 valence electrons. The van der Waals surface area contributed by atoms with E-state index in [2.05, 4.69) is 150 Å². The fourth-order valence-electron chi connectivity index (χ4n) is 7.00. The predicted octanol–water partition coefficient (Wildman–Crippen LogP) is 11.2. The van der Waals surface area contributed by atoms with Gasteiger partial charge in [-0.3, -0.25) is 0 Å². The first kappa shape index (κ1) is 27.3. The van der Waals surface area contributed by atoms with Crippen molar-refractivity contribution in [3.05, 3.63) is 169 Å². The molecule has 2 aromatic heterocycles. The second kappa shape index (κ2) is 11.4. The minimum Gasteiger partial charge on any atom is -0.310 e. The van der Waals surface area contributed by atoms with Crippen LogP contribution in [0.5, 0.6) is 0 Å². The molecular formula is C44H31N3. The molecule has 6 aromatic carbocycles. The lowest BCUT2D eigenvalue weighted by Crippen LogP contribution is -2.00. The summed E-state index contributed by atoms with van der Waals surface area (Å²) in [5, 5.41) is 3.74. The van der Waals surface area contributed by atoms with Crippen molar-refractivity contribution in [2.45, 2.75) is 12.8 Å². The maximum Gasteiger partial charge on any atom is 0.160 e. The molecule has 3 nitrogen and oxygen atoms in total. The number of rotatable bonds is 5. The predicted molar refractivity (Wildman–Crippen MR) is 195 cm³/mol. The van der Waals surface area contributed by atoms with E-state index < -0.39 is 0 Å². The molecule has 0 N–H and O–H groups in total. The van der Waals surface area contributed by atoms with E-state index in [1.54, 1.807) is 0 Å². The van der Waals surface area contributed by atoms with Crippen molar-refractivity contribution in [3.8, 4) is 50.7 Å². The molecule has 1 aliphatic rings. The third-order valence-corrected chi connectivity index (χ3v) is 9.32. The molecule has 8 aromatic rings. The molecule has 9 rings (SSSR count). The summed E-state index contributed by atoms with van der Waals surface area (Å²) < 4.78 is 2.40. The number of hydrogen-bond donors (Lipinski definition) is 0. The molecule has 0 bridgehead atoms. The zero-order valence-electron chi connectivity index (χ0n) is 25.8. The van der Waals surface area contributed by atoms with Gasteiger partial charge in [0, 0.05) is 33.5 Å². The van der Waals surface area contributed by atoms with E-state index in [4.69, 9.17) is 9.97 Å². The molecule has 0 saturated carbocycles. The minimum absolute atomic E-state index is 0.722. The normalized spacial score (nSPS) is 12.4. The van der Waals surface area contributed by atoms with Crippen LogP contribution in [-0.2, 0) is 6.42 Å². The number of allylic oxidation sites excluding steroid dienone is 1. The summed E-state index contributed by atoms with van der Waals surface area (Å²) >= 11 is 0. The Bertz CT molecular complexity index is 2430. The highest BCUT2D eigenvalue weighted by molar-refractivity contribution is 5.96. The Balaban J connectivity index is 1.08. The first-order valence-electron chi connectivity index (χ1n) is 16.2. The van der Waals surface area contributed by atoms with Gasteiger partial charge in [-0.05, 0) is 70.6 Å². The van der Waals surface area contributed by atoms with Crippen LogP contribution in [0.2, 0.25) is 0 Å². The van der Waals surface area contributed by atoms with Crippen molar-refractivity contribution < 1.29 is 0 Å². The van der Waals surface area contributed by atoms with Crippen LogP contribution in [0.3, 0.4) is 0 Å². The van der Waals surface area contributed by atoms with E-state index in [-0.39, 0.29) is 0 Å². The molecule has 1 aliphatic carbocycles. The van der Waals surface area contributed by atoms with Gasteiger partial charge in [0.1, 0.15) is 0 Å². The number of nitrogens with zero attached hydrogens (tertiary/aromatic N) is 3. The van der Waals surface area contributed by atoms with Crippen LogP contribution in [0.4, 0.5) is 0 Å². The van der Waals surface area contributed by atoms with Gasteiger partial charge in [0.15, 0.2) is 5.82 Å². The van der Waals surface area contributed by atoms with Crippen molar-refractivity contribution in [2.75, 3.05) is 0 Å². The van der Waals surface area contributed by atoms with E-state index in [9.17, 15) is 0 Å². The number of aromatic nitrogens is 3.